The van der Waals surface area contributed by atoms with Crippen LogP contribution in [0.5, 0.6) is 5.75 Å². The molecular weight excluding hydrogens is 342 g/mol. The summed E-state index contributed by atoms with van der Waals surface area (Å²) in [5.74, 6) is 0.994. The number of ether oxygens (including phenoxy) is 1. The summed E-state index contributed by atoms with van der Waals surface area (Å²) in [6.45, 7) is 6.39. The highest BCUT2D eigenvalue weighted by Gasteiger charge is 2.26. The van der Waals surface area contributed by atoms with Gasteiger partial charge in [0.1, 0.15) is 5.75 Å². The van der Waals surface area contributed by atoms with Gasteiger partial charge in [0.25, 0.3) is 5.91 Å². The molecule has 1 aromatic heterocycles. The van der Waals surface area contributed by atoms with Crippen molar-refractivity contribution in [1.29, 1.82) is 0 Å². The number of carbonyl (C=O) groups is 2. The molecule has 0 aliphatic carbocycles. The third-order valence-corrected chi connectivity index (χ3v) is 5.06. The molecule has 1 N–H and O–H groups in total. The second-order valence-corrected chi connectivity index (χ2v) is 7.18. The van der Waals surface area contributed by atoms with E-state index in [1.54, 1.807) is 7.11 Å². The molecule has 1 aliphatic rings. The smallest absolute Gasteiger partial charge is 0.257 e. The molecule has 1 aliphatic heterocycles. The summed E-state index contributed by atoms with van der Waals surface area (Å²) in [6, 6.07) is 7.69. The lowest BCUT2D eigenvalue weighted by Crippen LogP contribution is -2.51. The molecule has 1 fully saturated rings. The van der Waals surface area contributed by atoms with Gasteiger partial charge in [0, 0.05) is 38.6 Å². The molecular formula is C21H27N3O3. The van der Waals surface area contributed by atoms with E-state index in [1.807, 2.05) is 46.5 Å². The first-order valence-corrected chi connectivity index (χ1v) is 9.36. The van der Waals surface area contributed by atoms with Crippen LogP contribution in [-0.2, 0) is 11.2 Å². The highest BCUT2D eigenvalue weighted by Crippen LogP contribution is 2.26. The average molecular weight is 369 g/mol. The number of hydrogen-bond donors (Lipinski definition) is 1. The molecule has 0 saturated carbocycles. The number of hydrogen-bond acceptors (Lipinski definition) is 3. The molecule has 6 heteroatoms. The molecule has 144 valence electrons. The van der Waals surface area contributed by atoms with Crippen molar-refractivity contribution in [2.45, 2.75) is 26.2 Å². The Labute approximate surface area is 160 Å². The summed E-state index contributed by atoms with van der Waals surface area (Å²) in [4.78, 5) is 32.1. The molecule has 2 heterocycles. The summed E-state index contributed by atoms with van der Waals surface area (Å²) in [6.07, 6.45) is 4.05. The van der Waals surface area contributed by atoms with Crippen molar-refractivity contribution < 1.29 is 14.3 Å². The Balaban J connectivity index is 1.64. The second-order valence-electron chi connectivity index (χ2n) is 7.18. The molecule has 0 radical (unpaired) electrons. The zero-order chi connectivity index (χ0) is 19.4. The van der Waals surface area contributed by atoms with Crippen LogP contribution in [0.25, 0.3) is 0 Å². The van der Waals surface area contributed by atoms with Crippen LogP contribution in [0.4, 0.5) is 0 Å². The number of benzene rings is 1. The quantitative estimate of drug-likeness (QED) is 0.881. The van der Waals surface area contributed by atoms with Crippen LogP contribution in [0.15, 0.2) is 36.7 Å². The van der Waals surface area contributed by atoms with Crippen LogP contribution in [0.3, 0.4) is 0 Å². The fourth-order valence-electron chi connectivity index (χ4n) is 3.34. The predicted octanol–water partition coefficient (Wildman–Crippen LogP) is 2.67. The first-order valence-electron chi connectivity index (χ1n) is 9.36. The third-order valence-electron chi connectivity index (χ3n) is 5.06. The number of nitrogens with zero attached hydrogens (tertiary/aromatic N) is 2. The molecule has 0 atom stereocenters. The number of amides is 2. The van der Waals surface area contributed by atoms with Gasteiger partial charge >= 0.3 is 0 Å². The molecule has 2 aromatic rings. The SMILES string of the molecule is COc1ccc(C(C)C)cc1C(=O)N1CCN(C(=O)Cc2cc[nH]c2)CC1. The zero-order valence-electron chi connectivity index (χ0n) is 16.2. The summed E-state index contributed by atoms with van der Waals surface area (Å²) in [7, 11) is 1.58. The van der Waals surface area contributed by atoms with Crippen LogP contribution in [0.1, 0.15) is 41.3 Å². The molecule has 6 nitrogen and oxygen atoms in total. The van der Waals surface area contributed by atoms with Gasteiger partial charge in [-0.25, -0.2) is 0 Å². The van der Waals surface area contributed by atoms with Crippen molar-refractivity contribution in [2.75, 3.05) is 33.3 Å². The highest BCUT2D eigenvalue weighted by molar-refractivity contribution is 5.97. The van der Waals surface area contributed by atoms with Gasteiger partial charge in [-0.15, -0.1) is 0 Å². The number of methoxy groups -OCH3 is 1. The van der Waals surface area contributed by atoms with Gasteiger partial charge < -0.3 is 19.5 Å². The minimum absolute atomic E-state index is 0.0351. The maximum atomic E-state index is 13.0. The van der Waals surface area contributed by atoms with Crippen LogP contribution in [0, 0.1) is 0 Å². The summed E-state index contributed by atoms with van der Waals surface area (Å²) < 4.78 is 5.40. The Kier molecular flexibility index (Phi) is 5.84. The van der Waals surface area contributed by atoms with Crippen LogP contribution >= 0.6 is 0 Å². The van der Waals surface area contributed by atoms with Gasteiger partial charge in [-0.05, 0) is 35.2 Å². The Morgan fingerprint density at radius 2 is 1.81 bits per heavy atom. The molecule has 0 bridgehead atoms. The largest absolute Gasteiger partial charge is 0.496 e. The fourth-order valence-corrected chi connectivity index (χ4v) is 3.34. The lowest BCUT2D eigenvalue weighted by molar-refractivity contribution is -0.131. The normalized spacial score (nSPS) is 14.5. The molecule has 0 spiro atoms. The number of aromatic amines is 1. The summed E-state index contributed by atoms with van der Waals surface area (Å²) in [5, 5.41) is 0. The van der Waals surface area contributed by atoms with Crippen molar-refractivity contribution in [1.82, 2.24) is 14.8 Å². The maximum absolute atomic E-state index is 13.0. The summed E-state index contributed by atoms with van der Waals surface area (Å²) >= 11 is 0. The third kappa shape index (κ3) is 4.32. The standard InChI is InChI=1S/C21H27N3O3/c1-15(2)17-4-5-19(27-3)18(13-17)21(26)24-10-8-23(9-11-24)20(25)12-16-6-7-22-14-16/h4-7,13-15,22H,8-12H2,1-3H3. The van der Waals surface area contributed by atoms with Crippen LogP contribution in [-0.4, -0.2) is 59.9 Å². The van der Waals surface area contributed by atoms with Gasteiger partial charge in [-0.2, -0.15) is 0 Å². The summed E-state index contributed by atoms with van der Waals surface area (Å²) in [5.41, 5.74) is 2.68. The fraction of sp³-hybridized carbons (Fsp3) is 0.429. The molecule has 0 unspecified atom stereocenters. The second kappa shape index (κ2) is 8.29. The first kappa shape index (κ1) is 19.0. The van der Waals surface area contributed by atoms with E-state index in [-0.39, 0.29) is 11.8 Å². The maximum Gasteiger partial charge on any atom is 0.257 e. The van der Waals surface area contributed by atoms with Crippen LogP contribution in [0.2, 0.25) is 0 Å². The molecule has 27 heavy (non-hydrogen) atoms. The van der Waals surface area contributed by atoms with Gasteiger partial charge in [0.2, 0.25) is 5.91 Å². The number of carbonyl (C=O) groups excluding carboxylic acids is 2. The van der Waals surface area contributed by atoms with Crippen LogP contribution < -0.4 is 4.74 Å². The van der Waals surface area contributed by atoms with E-state index in [0.717, 1.165) is 11.1 Å². The molecule has 1 saturated heterocycles. The molecule has 3 rings (SSSR count). The highest BCUT2D eigenvalue weighted by atomic mass is 16.5. The Hall–Kier alpha value is -2.76. The van der Waals surface area contributed by atoms with E-state index in [1.165, 1.54) is 0 Å². The van der Waals surface area contributed by atoms with Crippen molar-refractivity contribution in [2.24, 2.45) is 0 Å². The van der Waals surface area contributed by atoms with Crippen molar-refractivity contribution in [3.8, 4) is 5.75 Å². The lowest BCUT2D eigenvalue weighted by Gasteiger charge is -2.35. The Morgan fingerprint density at radius 1 is 1.11 bits per heavy atom. The van der Waals surface area contributed by atoms with E-state index < -0.39 is 0 Å². The first-order chi connectivity index (χ1) is 13.0. The van der Waals surface area contributed by atoms with E-state index in [4.69, 9.17) is 4.74 Å². The van der Waals surface area contributed by atoms with Gasteiger partial charge in [0.15, 0.2) is 0 Å². The van der Waals surface area contributed by atoms with Gasteiger partial charge in [-0.3, -0.25) is 9.59 Å². The lowest BCUT2D eigenvalue weighted by atomic mass is 9.99. The van der Waals surface area contributed by atoms with Gasteiger partial charge in [0.05, 0.1) is 19.1 Å². The van der Waals surface area contributed by atoms with Crippen molar-refractivity contribution in [3.63, 3.8) is 0 Å². The number of nitrogens with one attached hydrogen (secondary N) is 1. The minimum Gasteiger partial charge on any atom is -0.496 e. The predicted molar refractivity (Wildman–Crippen MR) is 104 cm³/mol. The van der Waals surface area contributed by atoms with E-state index in [9.17, 15) is 9.59 Å². The number of rotatable bonds is 5. The van der Waals surface area contributed by atoms with Crippen molar-refractivity contribution in [3.05, 3.63) is 53.3 Å². The van der Waals surface area contributed by atoms with E-state index >= 15 is 0 Å². The number of aromatic nitrogens is 1. The molecule has 2 amide bonds. The van der Waals surface area contributed by atoms with E-state index in [2.05, 4.69) is 18.8 Å². The van der Waals surface area contributed by atoms with E-state index in [0.29, 0.717) is 49.8 Å². The average Bonchev–Trinajstić information content (AvgIpc) is 3.20. The molecule has 1 aromatic carbocycles. The topological polar surface area (TPSA) is 65.6 Å². The minimum atomic E-state index is -0.0351. The monoisotopic (exact) mass is 369 g/mol. The Bertz CT molecular complexity index is 791. The number of H-pyrrole nitrogens is 1. The van der Waals surface area contributed by atoms with Crippen molar-refractivity contribution >= 4 is 11.8 Å². The number of piperazine rings is 1. The zero-order valence-corrected chi connectivity index (χ0v) is 16.2. The Morgan fingerprint density at radius 3 is 2.41 bits per heavy atom. The van der Waals surface area contributed by atoms with Gasteiger partial charge in [-0.1, -0.05) is 19.9 Å².